The van der Waals surface area contributed by atoms with Crippen LogP contribution >= 0.6 is 0 Å². The number of hydrogen-bond acceptors (Lipinski definition) is 4. The van der Waals surface area contributed by atoms with Gasteiger partial charge in [0.15, 0.2) is 0 Å². The third kappa shape index (κ3) is 17.1. The molecule has 18 heavy (non-hydrogen) atoms. The monoisotopic (exact) mass is 374 g/mol. The van der Waals surface area contributed by atoms with Crippen LogP contribution in [0.2, 0.25) is 0 Å². The number of nitrogens with zero attached hydrogens (tertiary/aromatic N) is 2. The maximum atomic E-state index is 8.22. The van der Waals surface area contributed by atoms with Crippen molar-refractivity contribution in [2.75, 3.05) is 32.7 Å². The van der Waals surface area contributed by atoms with Gasteiger partial charge in [0, 0.05) is 0 Å². The Morgan fingerprint density at radius 1 is 1.11 bits per heavy atom. The molecule has 0 rings (SSSR count). The first-order valence-electron chi connectivity index (χ1n) is 6.06. The molecule has 0 aliphatic heterocycles. The standard InChI is InChI=1S/C12H27N2S2.O.Tc/c1-6-14(10-12(4,5)16)8-7-13-9-11(2,3)15;;/h15-16H,6-10H2,1-5H3;;/q-1;;+3/p-2. The van der Waals surface area contributed by atoms with Crippen molar-refractivity contribution >= 4 is 25.3 Å². The molecule has 108 valence electrons. The molecule has 0 aromatic heterocycles. The Balaban J connectivity index is 0. The molecule has 0 fully saturated rings. The van der Waals surface area contributed by atoms with E-state index < -0.39 is 0 Å². The van der Waals surface area contributed by atoms with E-state index in [0.29, 0.717) is 0 Å². The molecule has 0 amide bonds. The molecule has 0 aromatic rings. The summed E-state index contributed by atoms with van der Waals surface area (Å²) in [6.07, 6.45) is 0. The zero-order chi connectivity index (χ0) is 14.8. The average Bonchev–Trinajstić information content (AvgIpc) is 2.22. The van der Waals surface area contributed by atoms with Crippen molar-refractivity contribution in [3.8, 4) is 0 Å². The van der Waals surface area contributed by atoms with E-state index in [9.17, 15) is 0 Å². The van der Waals surface area contributed by atoms with E-state index in [1.165, 1.54) is 0 Å². The quantitative estimate of drug-likeness (QED) is 0.481. The van der Waals surface area contributed by atoms with Gasteiger partial charge < -0.3 is 35.5 Å². The van der Waals surface area contributed by atoms with Gasteiger partial charge in [0.2, 0.25) is 0 Å². The molecule has 0 unspecified atom stereocenters. The van der Waals surface area contributed by atoms with Gasteiger partial charge in [0.25, 0.3) is 0 Å². The summed E-state index contributed by atoms with van der Waals surface area (Å²) >= 11 is 11.5. The minimum absolute atomic E-state index is 0.0483. The number of rotatable bonds is 8. The summed E-state index contributed by atoms with van der Waals surface area (Å²) in [6.45, 7) is 15.0. The van der Waals surface area contributed by atoms with E-state index in [1.54, 1.807) is 0 Å². The van der Waals surface area contributed by atoms with Gasteiger partial charge in [-0.3, -0.25) is 0 Å². The predicted molar refractivity (Wildman–Crippen MR) is 78.8 cm³/mol. The van der Waals surface area contributed by atoms with E-state index in [1.807, 2.05) is 13.8 Å². The Morgan fingerprint density at radius 3 is 1.94 bits per heavy atom. The van der Waals surface area contributed by atoms with Gasteiger partial charge in [0.05, 0.1) is 0 Å². The second-order valence-corrected chi connectivity index (χ2v) is 7.70. The number of hydrogen-bond donors (Lipinski definition) is 0. The molecule has 0 aliphatic carbocycles. The second-order valence-electron chi connectivity index (χ2n) is 5.49. The van der Waals surface area contributed by atoms with Crippen LogP contribution in [0.1, 0.15) is 34.6 Å². The van der Waals surface area contributed by atoms with Crippen molar-refractivity contribution in [2.24, 2.45) is 0 Å². The first-order chi connectivity index (χ1) is 8.14. The van der Waals surface area contributed by atoms with Gasteiger partial charge in [-0.15, -0.1) is 11.3 Å². The molecule has 0 bridgehead atoms. The van der Waals surface area contributed by atoms with Crippen molar-refractivity contribution in [3.63, 3.8) is 0 Å². The molecule has 0 spiro atoms. The van der Waals surface area contributed by atoms with Crippen LogP contribution in [0.5, 0.6) is 0 Å². The number of likely N-dealkylation sites (N-methyl/N-ethyl adjacent to an activating group) is 1. The van der Waals surface area contributed by atoms with Gasteiger partial charge in [0.1, 0.15) is 0 Å². The molecule has 3 nitrogen and oxygen atoms in total. The first kappa shape index (κ1) is 21.4. The summed E-state index contributed by atoms with van der Waals surface area (Å²) < 4.78 is 8.07. The Bertz CT molecular complexity index is 205. The Labute approximate surface area is 134 Å². The summed E-state index contributed by atoms with van der Waals surface area (Å²) in [5, 5.41) is 4.48. The second kappa shape index (κ2) is 10.8. The SMILES string of the molecule is CCN(CC[N-]CC(C)(C)[S-])CC(C)(C)[S-].[O]=[Tc+3]. The van der Waals surface area contributed by atoms with Gasteiger partial charge in [-0.25, -0.2) is 0 Å². The molecule has 0 aromatic carbocycles. The summed E-state index contributed by atoms with van der Waals surface area (Å²) in [7, 11) is 0. The zero-order valence-electron chi connectivity index (χ0n) is 12.0. The van der Waals surface area contributed by atoms with E-state index in [4.69, 9.17) is 28.8 Å². The summed E-state index contributed by atoms with van der Waals surface area (Å²) in [6, 6.07) is 0. The predicted octanol–water partition coefficient (Wildman–Crippen LogP) is 2.21. The topological polar surface area (TPSA) is 34.4 Å². The van der Waals surface area contributed by atoms with E-state index in [-0.39, 0.29) is 9.49 Å². The van der Waals surface area contributed by atoms with Gasteiger partial charge in [-0.1, -0.05) is 34.6 Å². The van der Waals surface area contributed by atoms with Crippen LogP contribution in [0.15, 0.2) is 0 Å². The average molecular weight is 375 g/mol. The molecule has 0 atom stereocenters. The summed E-state index contributed by atoms with van der Waals surface area (Å²) in [5.41, 5.74) is 0. The van der Waals surface area contributed by atoms with Crippen LogP contribution < -0.4 is 0 Å². The summed E-state index contributed by atoms with van der Waals surface area (Å²) in [4.78, 5) is 2.35. The van der Waals surface area contributed by atoms with Gasteiger partial charge in [-0.2, -0.15) is 11.3 Å². The van der Waals surface area contributed by atoms with Crippen LogP contribution in [0.25, 0.3) is 5.32 Å². The minimum atomic E-state index is -0.103. The van der Waals surface area contributed by atoms with Crippen molar-refractivity contribution in [3.05, 3.63) is 5.32 Å². The molecular formula is C12H25N2OS2Tc. The Morgan fingerprint density at radius 2 is 1.61 bits per heavy atom. The first-order valence-corrected chi connectivity index (χ1v) is 7.63. The Hall–Kier alpha value is 1.07. The molecule has 0 saturated heterocycles. The van der Waals surface area contributed by atoms with Crippen molar-refractivity contribution in [1.82, 2.24) is 4.90 Å². The van der Waals surface area contributed by atoms with E-state index in [0.717, 1.165) is 51.6 Å². The fourth-order valence-electron chi connectivity index (χ4n) is 1.45. The van der Waals surface area contributed by atoms with Gasteiger partial charge >= 0.3 is 22.4 Å². The molecule has 0 heterocycles. The third-order valence-electron chi connectivity index (χ3n) is 2.12. The molecule has 0 aliphatic rings. The summed E-state index contributed by atoms with van der Waals surface area (Å²) in [5.74, 6) is 0. The van der Waals surface area contributed by atoms with Gasteiger partial charge in [-0.05, 0) is 19.6 Å². The van der Waals surface area contributed by atoms with E-state index in [2.05, 4.69) is 31.0 Å². The third-order valence-corrected chi connectivity index (χ3v) is 2.38. The van der Waals surface area contributed by atoms with Crippen molar-refractivity contribution in [2.45, 2.75) is 44.1 Å². The van der Waals surface area contributed by atoms with Crippen LogP contribution in [-0.4, -0.2) is 47.1 Å². The Kier molecular flexibility index (Phi) is 12.8. The van der Waals surface area contributed by atoms with E-state index >= 15 is 0 Å². The van der Waals surface area contributed by atoms with Crippen LogP contribution in [0.4, 0.5) is 0 Å². The normalized spacial score (nSPS) is 12.2. The zero-order valence-corrected chi connectivity index (χ0v) is 15.5. The van der Waals surface area contributed by atoms with Crippen molar-refractivity contribution in [1.29, 1.82) is 0 Å². The van der Waals surface area contributed by atoms with Crippen LogP contribution in [0, 0.1) is 0 Å². The van der Waals surface area contributed by atoms with Crippen LogP contribution in [0.3, 0.4) is 0 Å². The molecule has 0 radical (unpaired) electrons. The van der Waals surface area contributed by atoms with Crippen LogP contribution in [-0.2, 0) is 47.6 Å². The van der Waals surface area contributed by atoms with Crippen molar-refractivity contribution < 1.29 is 22.4 Å². The molecule has 0 N–H and O–H groups in total. The molecule has 0 saturated carbocycles. The maximum absolute atomic E-state index is 8.22. The fraction of sp³-hybridized carbons (Fsp3) is 1.00. The fourth-order valence-corrected chi connectivity index (χ4v) is 1.72. The molecular weight excluding hydrogens is 350 g/mol. The molecule has 6 heteroatoms.